The van der Waals surface area contributed by atoms with Gasteiger partial charge < -0.3 is 14.7 Å². The number of nitrogens with one attached hydrogen (secondary N) is 1. The van der Waals surface area contributed by atoms with Crippen LogP contribution in [-0.4, -0.2) is 23.7 Å². The summed E-state index contributed by atoms with van der Waals surface area (Å²) in [6.45, 7) is 5.22. The van der Waals surface area contributed by atoms with Gasteiger partial charge in [0.2, 0.25) is 0 Å². The van der Waals surface area contributed by atoms with Crippen LogP contribution in [0.15, 0.2) is 35.0 Å². The maximum Gasteiger partial charge on any atom is 0.263 e. The molecule has 1 atom stereocenters. The number of carbonyl (C=O) groups is 1. The van der Waals surface area contributed by atoms with Crippen LogP contribution in [0.5, 0.6) is 0 Å². The van der Waals surface area contributed by atoms with Crippen molar-refractivity contribution in [2.75, 3.05) is 11.4 Å². The number of para-hydroxylation sites is 1. The van der Waals surface area contributed by atoms with E-state index in [0.717, 1.165) is 17.8 Å². The van der Waals surface area contributed by atoms with Gasteiger partial charge in [0, 0.05) is 24.8 Å². The molecule has 5 heteroatoms. The van der Waals surface area contributed by atoms with Gasteiger partial charge in [-0.25, -0.2) is 0 Å². The Balaban J connectivity index is 2.03. The number of anilines is 1. The van der Waals surface area contributed by atoms with Crippen LogP contribution in [0, 0.1) is 6.92 Å². The van der Waals surface area contributed by atoms with Crippen LogP contribution in [0.2, 0.25) is 0 Å². The number of hydrogen-bond donors (Lipinski definition) is 1. The van der Waals surface area contributed by atoms with E-state index >= 15 is 0 Å². The van der Waals surface area contributed by atoms with Crippen molar-refractivity contribution in [1.29, 1.82) is 0 Å². The number of amides is 1. The first-order chi connectivity index (χ1) is 9.66. The fraction of sp³-hybridized carbons (Fsp3) is 0.333. The normalized spacial score (nSPS) is 18.5. The molecule has 1 amide bonds. The number of nitrogens with zero attached hydrogens (tertiary/aromatic N) is 2. The Bertz CT molecular complexity index is 636. The molecular weight excluding hydrogens is 254 g/mol. The van der Waals surface area contributed by atoms with Gasteiger partial charge in [-0.1, -0.05) is 23.4 Å². The molecule has 0 fully saturated rings. The van der Waals surface area contributed by atoms with Crippen LogP contribution in [0.3, 0.4) is 0 Å². The van der Waals surface area contributed by atoms with Crippen molar-refractivity contribution in [3.63, 3.8) is 0 Å². The van der Waals surface area contributed by atoms with E-state index in [9.17, 15) is 4.79 Å². The summed E-state index contributed by atoms with van der Waals surface area (Å²) in [5.74, 6) is 0.490. The van der Waals surface area contributed by atoms with Gasteiger partial charge >= 0.3 is 0 Å². The van der Waals surface area contributed by atoms with Gasteiger partial charge in [0.1, 0.15) is 11.3 Å². The van der Waals surface area contributed by atoms with E-state index in [1.807, 2.05) is 24.3 Å². The number of aromatic nitrogens is 1. The second-order valence-corrected chi connectivity index (χ2v) is 5.12. The van der Waals surface area contributed by atoms with E-state index in [-0.39, 0.29) is 11.9 Å². The van der Waals surface area contributed by atoms with Crippen molar-refractivity contribution in [2.24, 2.45) is 0 Å². The lowest BCUT2D eigenvalue weighted by molar-refractivity contribution is 0.0984. The summed E-state index contributed by atoms with van der Waals surface area (Å²) >= 11 is 0. The minimum atomic E-state index is -0.0632. The van der Waals surface area contributed by atoms with E-state index < -0.39 is 0 Å². The van der Waals surface area contributed by atoms with Crippen molar-refractivity contribution in [3.05, 3.63) is 47.3 Å². The zero-order valence-electron chi connectivity index (χ0n) is 11.6. The number of fused-ring (bicyclic) bond motifs is 1. The first-order valence-corrected chi connectivity index (χ1v) is 6.71. The molecular formula is C15H17N3O2. The second-order valence-electron chi connectivity index (χ2n) is 5.12. The third-order valence-corrected chi connectivity index (χ3v) is 3.61. The summed E-state index contributed by atoms with van der Waals surface area (Å²) < 4.78 is 5.01. The van der Waals surface area contributed by atoms with Gasteiger partial charge in [-0.3, -0.25) is 4.79 Å². The number of rotatable bonds is 1. The molecule has 2 aromatic rings. The number of hydrogen-bond acceptors (Lipinski definition) is 4. The Morgan fingerprint density at radius 1 is 1.45 bits per heavy atom. The summed E-state index contributed by atoms with van der Waals surface area (Å²) in [6.07, 6.45) is 1.49. The van der Waals surface area contributed by atoms with Gasteiger partial charge in [0.25, 0.3) is 5.91 Å². The Morgan fingerprint density at radius 2 is 2.25 bits per heavy atom. The summed E-state index contributed by atoms with van der Waals surface area (Å²) in [5.41, 5.74) is 2.60. The molecule has 1 aliphatic heterocycles. The Morgan fingerprint density at radius 3 is 3.00 bits per heavy atom. The largest absolute Gasteiger partial charge is 0.361 e. The summed E-state index contributed by atoms with van der Waals surface area (Å²) in [4.78, 5) is 14.5. The van der Waals surface area contributed by atoms with Crippen LogP contribution < -0.4 is 10.2 Å². The zero-order valence-corrected chi connectivity index (χ0v) is 11.6. The quantitative estimate of drug-likeness (QED) is 0.863. The molecule has 1 aromatic carbocycles. The number of benzene rings is 1. The SMILES string of the molecule is Cc1oncc1C(=O)N1CC(C)NCc2ccccc21. The monoisotopic (exact) mass is 271 g/mol. The minimum absolute atomic E-state index is 0.0632. The molecule has 20 heavy (non-hydrogen) atoms. The molecule has 0 saturated heterocycles. The fourth-order valence-electron chi connectivity index (χ4n) is 2.49. The lowest BCUT2D eigenvalue weighted by Crippen LogP contribution is -2.39. The molecule has 1 aliphatic rings. The molecule has 0 radical (unpaired) electrons. The average Bonchev–Trinajstić information content (AvgIpc) is 2.80. The smallest absolute Gasteiger partial charge is 0.263 e. The molecule has 3 rings (SSSR count). The molecule has 0 aliphatic carbocycles. The first-order valence-electron chi connectivity index (χ1n) is 6.71. The van der Waals surface area contributed by atoms with Crippen molar-refractivity contribution in [1.82, 2.24) is 10.5 Å². The third kappa shape index (κ3) is 2.20. The van der Waals surface area contributed by atoms with Crippen molar-refractivity contribution < 1.29 is 9.32 Å². The average molecular weight is 271 g/mol. The molecule has 104 valence electrons. The number of aryl methyl sites for hydroxylation is 1. The predicted octanol–water partition coefficient (Wildman–Crippen LogP) is 2.12. The maximum absolute atomic E-state index is 12.7. The first kappa shape index (κ1) is 12.9. The standard InChI is InChI=1S/C15H17N3O2/c1-10-9-18(15(19)13-8-17-20-11(13)2)14-6-4-3-5-12(14)7-16-10/h3-6,8,10,16H,7,9H2,1-2H3. The van der Waals surface area contributed by atoms with E-state index in [4.69, 9.17) is 4.52 Å². The zero-order chi connectivity index (χ0) is 14.1. The molecule has 1 unspecified atom stereocenters. The third-order valence-electron chi connectivity index (χ3n) is 3.61. The Labute approximate surface area is 117 Å². The van der Waals surface area contributed by atoms with Gasteiger partial charge in [0.15, 0.2) is 0 Å². The molecule has 0 saturated carbocycles. The highest BCUT2D eigenvalue weighted by Crippen LogP contribution is 2.25. The summed E-state index contributed by atoms with van der Waals surface area (Å²) in [5, 5.41) is 7.11. The second kappa shape index (κ2) is 5.09. The van der Waals surface area contributed by atoms with Crippen LogP contribution in [0.4, 0.5) is 5.69 Å². The van der Waals surface area contributed by atoms with Crippen molar-refractivity contribution in [3.8, 4) is 0 Å². The molecule has 1 aromatic heterocycles. The highest BCUT2D eigenvalue weighted by Gasteiger charge is 2.26. The Kier molecular flexibility index (Phi) is 3.28. The lowest BCUT2D eigenvalue weighted by Gasteiger charge is -2.24. The molecule has 0 bridgehead atoms. The van der Waals surface area contributed by atoms with Gasteiger partial charge in [-0.05, 0) is 25.5 Å². The predicted molar refractivity (Wildman–Crippen MR) is 75.7 cm³/mol. The fourth-order valence-corrected chi connectivity index (χ4v) is 2.49. The van der Waals surface area contributed by atoms with Crippen LogP contribution in [0.1, 0.15) is 28.6 Å². The summed E-state index contributed by atoms with van der Waals surface area (Å²) in [7, 11) is 0. The van der Waals surface area contributed by atoms with Crippen LogP contribution >= 0.6 is 0 Å². The lowest BCUT2D eigenvalue weighted by atomic mass is 10.1. The van der Waals surface area contributed by atoms with Gasteiger partial charge in [-0.2, -0.15) is 0 Å². The van der Waals surface area contributed by atoms with Crippen LogP contribution in [0.25, 0.3) is 0 Å². The van der Waals surface area contributed by atoms with E-state index in [1.165, 1.54) is 6.20 Å². The van der Waals surface area contributed by atoms with E-state index in [1.54, 1.807) is 11.8 Å². The molecule has 2 heterocycles. The summed E-state index contributed by atoms with van der Waals surface area (Å²) in [6, 6.07) is 8.20. The van der Waals surface area contributed by atoms with E-state index in [0.29, 0.717) is 17.9 Å². The van der Waals surface area contributed by atoms with Crippen molar-refractivity contribution >= 4 is 11.6 Å². The van der Waals surface area contributed by atoms with Crippen molar-refractivity contribution in [2.45, 2.75) is 26.4 Å². The minimum Gasteiger partial charge on any atom is -0.361 e. The Hall–Kier alpha value is -2.14. The number of carbonyl (C=O) groups excluding carboxylic acids is 1. The van der Waals surface area contributed by atoms with Gasteiger partial charge in [0.05, 0.1) is 6.20 Å². The topological polar surface area (TPSA) is 58.4 Å². The van der Waals surface area contributed by atoms with E-state index in [2.05, 4.69) is 17.4 Å². The van der Waals surface area contributed by atoms with Gasteiger partial charge in [-0.15, -0.1) is 0 Å². The molecule has 5 nitrogen and oxygen atoms in total. The van der Waals surface area contributed by atoms with Crippen LogP contribution in [-0.2, 0) is 6.54 Å². The molecule has 1 N–H and O–H groups in total. The highest BCUT2D eigenvalue weighted by molar-refractivity contribution is 6.07. The highest BCUT2D eigenvalue weighted by atomic mass is 16.5. The molecule has 0 spiro atoms. The maximum atomic E-state index is 12.7.